The van der Waals surface area contributed by atoms with Crippen LogP contribution in [0, 0.1) is 10.1 Å². The molecule has 0 aliphatic rings. The van der Waals surface area contributed by atoms with Gasteiger partial charge in [0, 0.05) is 5.02 Å². The van der Waals surface area contributed by atoms with E-state index in [2.05, 4.69) is 5.32 Å². The molecule has 3 N–H and O–H groups in total. The minimum Gasteiger partial charge on any atom is -0.393 e. The molecule has 98 valence electrons. The van der Waals surface area contributed by atoms with E-state index < -0.39 is 4.92 Å². The number of para-hydroxylation sites is 1. The number of nitro benzene ring substituents is 1. The van der Waals surface area contributed by atoms with Crippen molar-refractivity contribution in [3.05, 3.63) is 56.6 Å². The third kappa shape index (κ3) is 2.89. The lowest BCUT2D eigenvalue weighted by molar-refractivity contribution is -0.383. The number of nitro groups is 1. The van der Waals surface area contributed by atoms with Crippen molar-refractivity contribution in [3.63, 3.8) is 0 Å². The van der Waals surface area contributed by atoms with Gasteiger partial charge in [0.2, 0.25) is 0 Å². The Hall–Kier alpha value is -1.98. The van der Waals surface area contributed by atoms with Gasteiger partial charge in [-0.3, -0.25) is 10.1 Å². The topological polar surface area (TPSA) is 81.2 Å². The molecule has 5 nitrogen and oxygen atoms in total. The zero-order valence-electron chi connectivity index (χ0n) is 9.56. The molecule has 0 amide bonds. The largest absolute Gasteiger partial charge is 0.393 e. The Labute approximate surface area is 119 Å². The maximum atomic E-state index is 11.0. The van der Waals surface area contributed by atoms with Crippen LogP contribution in [0.3, 0.4) is 0 Å². The number of nitrogens with two attached hydrogens (primary N) is 1. The molecule has 0 fully saturated rings. The first-order chi connectivity index (χ1) is 8.99. The van der Waals surface area contributed by atoms with Gasteiger partial charge in [0.15, 0.2) is 0 Å². The fourth-order valence-corrected chi connectivity index (χ4v) is 2.06. The van der Waals surface area contributed by atoms with Crippen LogP contribution in [0.1, 0.15) is 0 Å². The zero-order chi connectivity index (χ0) is 14.0. The van der Waals surface area contributed by atoms with Gasteiger partial charge in [-0.25, -0.2) is 0 Å². The third-order valence-corrected chi connectivity index (χ3v) is 3.00. The number of rotatable bonds is 3. The SMILES string of the molecule is Nc1cccc(Nc2ccc(Cl)cc2Cl)c1[N+](=O)[O-]. The van der Waals surface area contributed by atoms with E-state index >= 15 is 0 Å². The first-order valence-corrected chi connectivity index (χ1v) is 5.99. The van der Waals surface area contributed by atoms with Gasteiger partial charge in [0.05, 0.1) is 15.6 Å². The van der Waals surface area contributed by atoms with Gasteiger partial charge >= 0.3 is 5.69 Å². The highest BCUT2D eigenvalue weighted by Gasteiger charge is 2.18. The van der Waals surface area contributed by atoms with Gasteiger partial charge in [-0.1, -0.05) is 29.3 Å². The summed E-state index contributed by atoms with van der Waals surface area (Å²) in [7, 11) is 0. The number of anilines is 3. The normalized spacial score (nSPS) is 10.2. The van der Waals surface area contributed by atoms with E-state index in [0.717, 1.165) is 0 Å². The van der Waals surface area contributed by atoms with Gasteiger partial charge < -0.3 is 11.1 Å². The van der Waals surface area contributed by atoms with Crippen LogP contribution < -0.4 is 11.1 Å². The fourth-order valence-electron chi connectivity index (χ4n) is 1.60. The van der Waals surface area contributed by atoms with Crippen molar-refractivity contribution in [2.24, 2.45) is 0 Å². The van der Waals surface area contributed by atoms with E-state index in [4.69, 9.17) is 28.9 Å². The van der Waals surface area contributed by atoms with Crippen LogP contribution in [0.4, 0.5) is 22.7 Å². The molecule has 0 radical (unpaired) electrons. The average molecular weight is 298 g/mol. The highest BCUT2D eigenvalue weighted by atomic mass is 35.5. The first-order valence-electron chi connectivity index (χ1n) is 5.24. The Morgan fingerprint density at radius 2 is 1.89 bits per heavy atom. The summed E-state index contributed by atoms with van der Waals surface area (Å²) in [6, 6.07) is 9.45. The van der Waals surface area contributed by atoms with Crippen LogP contribution in [0.25, 0.3) is 0 Å². The lowest BCUT2D eigenvalue weighted by atomic mass is 10.2. The Morgan fingerprint density at radius 1 is 1.16 bits per heavy atom. The Balaban J connectivity index is 2.44. The third-order valence-electron chi connectivity index (χ3n) is 2.45. The minimum atomic E-state index is -0.540. The van der Waals surface area contributed by atoms with Crippen LogP contribution >= 0.6 is 23.2 Å². The van der Waals surface area contributed by atoms with E-state index in [0.29, 0.717) is 15.7 Å². The molecule has 0 aliphatic carbocycles. The van der Waals surface area contributed by atoms with Crippen LogP contribution in [0.2, 0.25) is 10.0 Å². The molecular weight excluding hydrogens is 289 g/mol. The molecule has 7 heteroatoms. The Bertz CT molecular complexity index is 647. The zero-order valence-corrected chi connectivity index (χ0v) is 11.1. The van der Waals surface area contributed by atoms with E-state index in [-0.39, 0.29) is 17.1 Å². The summed E-state index contributed by atoms with van der Waals surface area (Å²) in [5.41, 5.74) is 6.29. The van der Waals surface area contributed by atoms with E-state index in [9.17, 15) is 10.1 Å². The number of nitrogens with one attached hydrogen (secondary N) is 1. The predicted molar refractivity (Wildman–Crippen MR) is 77.3 cm³/mol. The van der Waals surface area contributed by atoms with Crippen LogP contribution in [0.15, 0.2) is 36.4 Å². The molecule has 19 heavy (non-hydrogen) atoms. The van der Waals surface area contributed by atoms with Gasteiger partial charge in [0.1, 0.15) is 11.4 Å². The van der Waals surface area contributed by atoms with Crippen molar-refractivity contribution in [2.75, 3.05) is 11.1 Å². The molecule has 0 unspecified atom stereocenters. The molecule has 0 bridgehead atoms. The maximum absolute atomic E-state index is 11.0. The maximum Gasteiger partial charge on any atom is 0.315 e. The average Bonchev–Trinajstić information content (AvgIpc) is 2.32. The molecule has 0 spiro atoms. The quantitative estimate of drug-likeness (QED) is 0.505. The molecule has 0 saturated heterocycles. The molecule has 2 aromatic rings. The van der Waals surface area contributed by atoms with Crippen LogP contribution in [-0.4, -0.2) is 4.92 Å². The smallest absolute Gasteiger partial charge is 0.315 e. The standard InChI is InChI=1S/C12H9Cl2N3O2/c13-7-4-5-10(8(14)6-7)16-11-3-1-2-9(15)12(11)17(18)19/h1-6,16H,15H2. The van der Waals surface area contributed by atoms with Crippen molar-refractivity contribution in [1.29, 1.82) is 0 Å². The molecule has 2 rings (SSSR count). The molecule has 0 heterocycles. The van der Waals surface area contributed by atoms with Crippen molar-refractivity contribution >= 4 is 46.0 Å². The van der Waals surface area contributed by atoms with E-state index in [1.165, 1.54) is 6.07 Å². The van der Waals surface area contributed by atoms with Crippen LogP contribution in [0.5, 0.6) is 0 Å². The van der Waals surface area contributed by atoms with Gasteiger partial charge in [-0.05, 0) is 30.3 Å². The summed E-state index contributed by atoms with van der Waals surface area (Å²) < 4.78 is 0. The molecule has 0 aliphatic heterocycles. The Kier molecular flexibility index (Phi) is 3.78. The fraction of sp³-hybridized carbons (Fsp3) is 0. The second-order valence-electron chi connectivity index (χ2n) is 3.75. The Morgan fingerprint density at radius 3 is 2.53 bits per heavy atom. The summed E-state index contributed by atoms with van der Waals surface area (Å²) in [5.74, 6) is 0. The second kappa shape index (κ2) is 5.34. The molecular formula is C12H9Cl2N3O2. The summed E-state index contributed by atoms with van der Waals surface area (Å²) in [6.07, 6.45) is 0. The predicted octanol–water partition coefficient (Wildman–Crippen LogP) is 4.23. The van der Waals surface area contributed by atoms with Gasteiger partial charge in [0.25, 0.3) is 0 Å². The lowest BCUT2D eigenvalue weighted by Crippen LogP contribution is -2.01. The summed E-state index contributed by atoms with van der Waals surface area (Å²) >= 11 is 11.8. The lowest BCUT2D eigenvalue weighted by Gasteiger charge is -2.10. The number of benzene rings is 2. The molecule has 0 aromatic heterocycles. The van der Waals surface area contributed by atoms with Gasteiger partial charge in [-0.15, -0.1) is 0 Å². The van der Waals surface area contributed by atoms with E-state index in [1.807, 2.05) is 0 Å². The number of nitrogen functional groups attached to an aromatic ring is 1. The highest BCUT2D eigenvalue weighted by molar-refractivity contribution is 6.36. The van der Waals surface area contributed by atoms with Crippen molar-refractivity contribution in [3.8, 4) is 0 Å². The monoisotopic (exact) mass is 297 g/mol. The molecule has 0 saturated carbocycles. The van der Waals surface area contributed by atoms with Crippen molar-refractivity contribution in [1.82, 2.24) is 0 Å². The number of hydrogen-bond acceptors (Lipinski definition) is 4. The summed E-state index contributed by atoms with van der Waals surface area (Å²) in [6.45, 7) is 0. The van der Waals surface area contributed by atoms with Gasteiger partial charge in [-0.2, -0.15) is 0 Å². The second-order valence-corrected chi connectivity index (χ2v) is 4.59. The minimum absolute atomic E-state index is 0.0834. The molecule has 2 aromatic carbocycles. The van der Waals surface area contributed by atoms with Crippen molar-refractivity contribution < 1.29 is 4.92 Å². The van der Waals surface area contributed by atoms with Crippen LogP contribution in [-0.2, 0) is 0 Å². The first kappa shape index (κ1) is 13.5. The number of hydrogen-bond donors (Lipinski definition) is 2. The van der Waals surface area contributed by atoms with Crippen molar-refractivity contribution in [2.45, 2.75) is 0 Å². The molecule has 0 atom stereocenters. The number of nitrogens with zero attached hydrogens (tertiary/aromatic N) is 1. The summed E-state index contributed by atoms with van der Waals surface area (Å²) in [5, 5.41) is 14.7. The van der Waals surface area contributed by atoms with E-state index in [1.54, 1.807) is 30.3 Å². The summed E-state index contributed by atoms with van der Waals surface area (Å²) in [4.78, 5) is 10.5. The highest BCUT2D eigenvalue weighted by Crippen LogP contribution is 2.35. The number of halogens is 2.